The average molecular weight is 442 g/mol. The molecule has 1 N–H and O–H groups in total. The Balaban J connectivity index is 1.26. The van der Waals surface area contributed by atoms with E-state index >= 15 is 0 Å². The van der Waals surface area contributed by atoms with Crippen LogP contribution in [-0.2, 0) is 11.3 Å². The zero-order chi connectivity index (χ0) is 22.6. The summed E-state index contributed by atoms with van der Waals surface area (Å²) in [6.07, 6.45) is 2.29. The summed E-state index contributed by atoms with van der Waals surface area (Å²) in [5.74, 6) is 1.20. The third-order valence-corrected chi connectivity index (χ3v) is 5.44. The first-order valence-corrected chi connectivity index (χ1v) is 10.7. The number of aromatic nitrogens is 2. The monoisotopic (exact) mass is 442 g/mol. The molecular weight excluding hydrogens is 420 g/mol. The molecule has 166 valence electrons. The van der Waals surface area contributed by atoms with Crippen molar-refractivity contribution in [3.63, 3.8) is 0 Å². The molecule has 0 aliphatic carbocycles. The number of rotatable bonds is 9. The quantitative estimate of drug-likeness (QED) is 0.308. The maximum atomic E-state index is 11.4. The van der Waals surface area contributed by atoms with Crippen LogP contribution >= 0.6 is 0 Å². The summed E-state index contributed by atoms with van der Waals surface area (Å²) in [5, 5.41) is 15.2. The summed E-state index contributed by atoms with van der Waals surface area (Å²) in [6.45, 7) is 0.841. The van der Waals surface area contributed by atoms with E-state index in [-0.39, 0.29) is 6.54 Å². The first-order chi connectivity index (χ1) is 16.2. The van der Waals surface area contributed by atoms with Crippen molar-refractivity contribution in [1.82, 2.24) is 9.72 Å². The number of carboxylic acids is 1. The lowest BCUT2D eigenvalue weighted by Gasteiger charge is -2.11. The predicted molar refractivity (Wildman–Crippen MR) is 125 cm³/mol. The molecule has 0 atom stereocenters. The second-order valence-corrected chi connectivity index (χ2v) is 7.60. The minimum Gasteiger partial charge on any atom is -0.493 e. The first kappa shape index (κ1) is 20.6. The Bertz CT molecular complexity index is 1410. The molecule has 0 saturated carbocycles. The van der Waals surface area contributed by atoms with Gasteiger partial charge in [0.1, 0.15) is 18.0 Å². The zero-order valence-electron chi connectivity index (χ0n) is 17.8. The van der Waals surface area contributed by atoms with E-state index in [1.165, 1.54) is 0 Å². The van der Waals surface area contributed by atoms with Gasteiger partial charge in [0.05, 0.1) is 30.5 Å². The zero-order valence-corrected chi connectivity index (χ0v) is 17.8. The molecule has 0 fully saturated rings. The van der Waals surface area contributed by atoms with Crippen LogP contribution in [0.25, 0.3) is 33.1 Å². The van der Waals surface area contributed by atoms with Gasteiger partial charge in [0.2, 0.25) is 0 Å². The van der Waals surface area contributed by atoms with Gasteiger partial charge >= 0.3 is 5.97 Å². The molecule has 0 aliphatic heterocycles. The van der Waals surface area contributed by atoms with Gasteiger partial charge in [-0.1, -0.05) is 35.5 Å². The summed E-state index contributed by atoms with van der Waals surface area (Å²) >= 11 is 0. The van der Waals surface area contributed by atoms with Gasteiger partial charge in [-0.15, -0.1) is 0 Å². The predicted octanol–water partition coefficient (Wildman–Crippen LogP) is 5.38. The van der Waals surface area contributed by atoms with Gasteiger partial charge in [-0.25, -0.2) is 0 Å². The standard InChI is InChI=1S/C26H22N2O5/c29-26(30)17-28-22-8-3-1-6-19(22)20-11-10-18(16-23(20)28)31-14-5-15-32-24-9-4-2-7-21(24)25-12-13-27-33-25/h1-4,6-13,16H,5,14-15,17H2,(H,29,30). The van der Waals surface area contributed by atoms with Crippen LogP contribution < -0.4 is 9.47 Å². The van der Waals surface area contributed by atoms with Crippen LogP contribution in [0.15, 0.2) is 83.5 Å². The molecule has 33 heavy (non-hydrogen) atoms. The second kappa shape index (κ2) is 9.08. The fourth-order valence-electron chi connectivity index (χ4n) is 4.01. The Morgan fingerprint density at radius 1 is 0.909 bits per heavy atom. The van der Waals surface area contributed by atoms with Gasteiger partial charge in [-0.3, -0.25) is 4.79 Å². The molecule has 2 aromatic heterocycles. The molecule has 3 aromatic carbocycles. The third kappa shape index (κ3) is 4.25. The Morgan fingerprint density at radius 3 is 2.55 bits per heavy atom. The number of ether oxygens (including phenoxy) is 2. The fraction of sp³-hybridized carbons (Fsp3) is 0.154. The molecular formula is C26H22N2O5. The van der Waals surface area contributed by atoms with Crippen molar-refractivity contribution in [2.45, 2.75) is 13.0 Å². The molecule has 0 amide bonds. The van der Waals surface area contributed by atoms with Gasteiger partial charge < -0.3 is 23.7 Å². The van der Waals surface area contributed by atoms with Crippen molar-refractivity contribution < 1.29 is 23.9 Å². The van der Waals surface area contributed by atoms with Crippen LogP contribution in [0.2, 0.25) is 0 Å². The maximum Gasteiger partial charge on any atom is 0.323 e. The molecule has 0 radical (unpaired) electrons. The first-order valence-electron chi connectivity index (χ1n) is 10.7. The lowest BCUT2D eigenvalue weighted by molar-refractivity contribution is -0.137. The highest BCUT2D eigenvalue weighted by Crippen LogP contribution is 2.32. The normalized spacial score (nSPS) is 11.2. The van der Waals surface area contributed by atoms with Crippen molar-refractivity contribution in [2.75, 3.05) is 13.2 Å². The fourth-order valence-corrected chi connectivity index (χ4v) is 4.01. The molecule has 7 heteroatoms. The number of fused-ring (bicyclic) bond motifs is 3. The Labute approximate surface area is 189 Å². The Kier molecular flexibility index (Phi) is 5.68. The van der Waals surface area contributed by atoms with Crippen molar-refractivity contribution in [3.8, 4) is 22.8 Å². The molecule has 0 unspecified atom stereocenters. The average Bonchev–Trinajstić information content (AvgIpc) is 3.46. The highest BCUT2D eigenvalue weighted by molar-refractivity contribution is 6.08. The van der Waals surface area contributed by atoms with E-state index in [4.69, 9.17) is 14.0 Å². The van der Waals surface area contributed by atoms with Crippen LogP contribution in [0, 0.1) is 0 Å². The van der Waals surface area contributed by atoms with E-state index < -0.39 is 5.97 Å². The van der Waals surface area contributed by atoms with E-state index in [1.54, 1.807) is 12.3 Å². The van der Waals surface area contributed by atoms with E-state index in [2.05, 4.69) is 5.16 Å². The van der Waals surface area contributed by atoms with E-state index in [9.17, 15) is 9.90 Å². The molecule has 0 bridgehead atoms. The molecule has 0 saturated heterocycles. The van der Waals surface area contributed by atoms with Crippen LogP contribution in [-0.4, -0.2) is 34.0 Å². The van der Waals surface area contributed by atoms with Crippen LogP contribution in [0.4, 0.5) is 0 Å². The van der Waals surface area contributed by atoms with E-state index in [0.717, 1.165) is 33.1 Å². The Morgan fingerprint density at radius 2 is 1.70 bits per heavy atom. The highest BCUT2D eigenvalue weighted by Gasteiger charge is 2.13. The summed E-state index contributed by atoms with van der Waals surface area (Å²) in [4.78, 5) is 11.4. The van der Waals surface area contributed by atoms with Crippen molar-refractivity contribution in [3.05, 3.63) is 79.0 Å². The van der Waals surface area contributed by atoms with Crippen LogP contribution in [0.5, 0.6) is 11.5 Å². The summed E-state index contributed by atoms with van der Waals surface area (Å²) in [6, 6.07) is 23.1. The SMILES string of the molecule is O=C(O)Cn1c2ccccc2c2ccc(OCCCOc3ccccc3-c3ccno3)cc21. The second-order valence-electron chi connectivity index (χ2n) is 7.60. The van der Waals surface area contributed by atoms with Crippen molar-refractivity contribution in [2.24, 2.45) is 0 Å². The number of carbonyl (C=O) groups is 1. The molecule has 2 heterocycles. The summed E-state index contributed by atoms with van der Waals surface area (Å²) in [7, 11) is 0. The molecule has 0 spiro atoms. The molecule has 5 aromatic rings. The Hall–Kier alpha value is -4.26. The third-order valence-electron chi connectivity index (χ3n) is 5.44. The lowest BCUT2D eigenvalue weighted by atomic mass is 10.1. The van der Waals surface area contributed by atoms with E-state index in [1.807, 2.05) is 71.3 Å². The van der Waals surface area contributed by atoms with Crippen molar-refractivity contribution >= 4 is 27.8 Å². The molecule has 7 nitrogen and oxygen atoms in total. The number of nitrogens with zero attached hydrogens (tertiary/aromatic N) is 2. The number of benzene rings is 3. The molecule has 0 aliphatic rings. The lowest BCUT2D eigenvalue weighted by Crippen LogP contribution is -2.08. The van der Waals surface area contributed by atoms with E-state index in [0.29, 0.717) is 31.1 Å². The minimum absolute atomic E-state index is 0.105. The van der Waals surface area contributed by atoms with Crippen LogP contribution in [0.3, 0.4) is 0 Å². The smallest absolute Gasteiger partial charge is 0.323 e. The number of aliphatic carboxylic acids is 1. The number of hydrogen-bond donors (Lipinski definition) is 1. The highest BCUT2D eigenvalue weighted by atomic mass is 16.5. The van der Waals surface area contributed by atoms with Crippen LogP contribution in [0.1, 0.15) is 6.42 Å². The van der Waals surface area contributed by atoms with Gasteiger partial charge in [-0.2, -0.15) is 0 Å². The molecule has 5 rings (SSSR count). The maximum absolute atomic E-state index is 11.4. The number of carboxylic acid groups (broad SMARTS) is 1. The van der Waals surface area contributed by atoms with Gasteiger partial charge in [0.25, 0.3) is 0 Å². The minimum atomic E-state index is -0.883. The van der Waals surface area contributed by atoms with Gasteiger partial charge in [0.15, 0.2) is 5.76 Å². The van der Waals surface area contributed by atoms with Crippen molar-refractivity contribution in [1.29, 1.82) is 0 Å². The summed E-state index contributed by atoms with van der Waals surface area (Å²) < 4.78 is 18.9. The number of hydrogen-bond acceptors (Lipinski definition) is 5. The summed E-state index contributed by atoms with van der Waals surface area (Å²) in [5.41, 5.74) is 2.59. The number of para-hydroxylation sites is 2. The van der Waals surface area contributed by atoms with Gasteiger partial charge in [0, 0.05) is 34.8 Å². The largest absolute Gasteiger partial charge is 0.493 e. The topological polar surface area (TPSA) is 86.7 Å². The van der Waals surface area contributed by atoms with Gasteiger partial charge in [-0.05, 0) is 30.3 Å².